The highest BCUT2D eigenvalue weighted by atomic mass is 32.2. The molecule has 2 atom stereocenters. The quantitative estimate of drug-likeness (QED) is 0.219. The van der Waals surface area contributed by atoms with Crippen LogP contribution in [0, 0.1) is 5.41 Å². The lowest BCUT2D eigenvalue weighted by molar-refractivity contribution is -0.940. The molecular formula is C35H36N4O4S. The molecule has 0 spiro atoms. The molecule has 4 saturated heterocycles. The molecule has 44 heavy (non-hydrogen) atoms. The van der Waals surface area contributed by atoms with Crippen LogP contribution in [0.1, 0.15) is 36.0 Å². The molecule has 0 saturated carbocycles. The number of amides is 2. The first-order valence-corrected chi connectivity index (χ1v) is 16.3. The fraction of sp³-hybridized carbons (Fsp3) is 0.343. The Labute approximate surface area is 261 Å². The van der Waals surface area contributed by atoms with E-state index in [9.17, 15) is 19.5 Å². The van der Waals surface area contributed by atoms with Gasteiger partial charge >= 0.3 is 0 Å². The molecule has 3 aromatic carbocycles. The predicted molar refractivity (Wildman–Crippen MR) is 166 cm³/mol. The van der Waals surface area contributed by atoms with Gasteiger partial charge in [-0.15, -0.1) is 11.8 Å². The molecule has 4 fully saturated rings. The second-order valence-electron chi connectivity index (χ2n) is 12.7. The van der Waals surface area contributed by atoms with E-state index in [4.69, 9.17) is 5.73 Å². The summed E-state index contributed by atoms with van der Waals surface area (Å²) in [5.41, 5.74) is 8.20. The topological polar surface area (TPSA) is 116 Å². The molecule has 8 nitrogen and oxygen atoms in total. The number of thioether (sulfide) groups is 1. The highest BCUT2D eigenvalue weighted by molar-refractivity contribution is 8.00. The molecule has 2 amide bonds. The van der Waals surface area contributed by atoms with Gasteiger partial charge in [0.25, 0.3) is 0 Å². The zero-order chi connectivity index (χ0) is 30.5. The summed E-state index contributed by atoms with van der Waals surface area (Å²) in [4.78, 5) is 40.3. The van der Waals surface area contributed by atoms with Crippen molar-refractivity contribution in [2.75, 3.05) is 31.9 Å². The van der Waals surface area contributed by atoms with Crippen LogP contribution in [0.3, 0.4) is 0 Å². The second kappa shape index (κ2) is 10.9. The predicted octanol–water partition coefficient (Wildman–Crippen LogP) is 2.34. The lowest BCUT2D eigenvalue weighted by Crippen LogP contribution is -2.73. The molecule has 0 aromatic heterocycles. The largest absolute Gasteiger partial charge is 0.543 e. The van der Waals surface area contributed by atoms with E-state index in [0.29, 0.717) is 12.3 Å². The number of nitrogens with two attached hydrogens (primary N) is 1. The van der Waals surface area contributed by atoms with Gasteiger partial charge < -0.3 is 20.1 Å². The minimum absolute atomic E-state index is 0.0198. The number of rotatable bonds is 9. The molecule has 5 aliphatic rings. The zero-order valence-corrected chi connectivity index (χ0v) is 25.3. The van der Waals surface area contributed by atoms with Crippen LogP contribution in [0.15, 0.2) is 102 Å². The molecule has 0 aliphatic carbocycles. The highest BCUT2D eigenvalue weighted by Crippen LogP contribution is 2.47. The number of piperidine rings is 3. The lowest BCUT2D eigenvalue weighted by Gasteiger charge is -2.56. The Hall–Kier alpha value is -3.92. The van der Waals surface area contributed by atoms with Gasteiger partial charge in [0, 0.05) is 30.6 Å². The smallest absolute Gasteiger partial charge is 0.248 e. The number of aliphatic carboxylic acids is 1. The van der Waals surface area contributed by atoms with E-state index in [2.05, 4.69) is 41.7 Å². The van der Waals surface area contributed by atoms with Gasteiger partial charge in [0.2, 0.25) is 11.8 Å². The van der Waals surface area contributed by atoms with Gasteiger partial charge in [-0.25, -0.2) is 0 Å². The van der Waals surface area contributed by atoms with Crippen molar-refractivity contribution in [1.29, 1.82) is 0 Å². The number of nitrogens with one attached hydrogen (secondary N) is 1. The van der Waals surface area contributed by atoms with E-state index < -0.39 is 23.0 Å². The van der Waals surface area contributed by atoms with E-state index in [-0.39, 0.29) is 22.9 Å². The number of carboxylic acids is 1. The summed E-state index contributed by atoms with van der Waals surface area (Å²) in [6.07, 6.45) is 2.17. The Morgan fingerprint density at radius 3 is 1.80 bits per heavy atom. The average Bonchev–Trinajstić information content (AvgIpc) is 3.07. The molecule has 2 bridgehead atoms. The standard InChI is InChI=1S/C35H36N4O4S/c36-33(43)34-16-19-39(20-17-34,21-18-34)22-24-23-44-31-28(30(40)38(31)29(24)32(41)42)37-35(25-10-4-1-5-11-25,26-12-6-2-7-13-26)27-14-8-3-9-15-27/h1-15,28,31,37H,16-23H2,(H2-,36,41,42,43)/t28-,31+,34?,39?/m1/s1. The Bertz CT molecular complexity index is 1510. The molecule has 8 rings (SSSR count). The van der Waals surface area contributed by atoms with E-state index in [1.165, 1.54) is 4.90 Å². The third-order valence-electron chi connectivity index (χ3n) is 10.5. The van der Waals surface area contributed by atoms with Crippen molar-refractivity contribution in [3.63, 3.8) is 0 Å². The molecule has 226 valence electrons. The maximum atomic E-state index is 14.1. The highest BCUT2D eigenvalue weighted by Gasteiger charge is 2.57. The Morgan fingerprint density at radius 2 is 1.36 bits per heavy atom. The van der Waals surface area contributed by atoms with E-state index >= 15 is 0 Å². The van der Waals surface area contributed by atoms with E-state index in [1.54, 1.807) is 11.8 Å². The van der Waals surface area contributed by atoms with Crippen molar-refractivity contribution >= 4 is 29.5 Å². The first-order valence-electron chi connectivity index (χ1n) is 15.3. The average molecular weight is 609 g/mol. The molecule has 0 radical (unpaired) electrons. The molecule has 5 heterocycles. The van der Waals surface area contributed by atoms with E-state index in [0.717, 1.165) is 65.6 Å². The van der Waals surface area contributed by atoms with Gasteiger partial charge in [-0.05, 0) is 16.7 Å². The monoisotopic (exact) mass is 608 g/mol. The fourth-order valence-electron chi connectivity index (χ4n) is 7.92. The third kappa shape index (κ3) is 4.48. The van der Waals surface area contributed by atoms with Crippen LogP contribution in [0.2, 0.25) is 0 Å². The maximum Gasteiger partial charge on any atom is 0.248 e. The van der Waals surface area contributed by atoms with Crippen molar-refractivity contribution < 1.29 is 24.0 Å². The number of carbonyl (C=O) groups is 3. The summed E-state index contributed by atoms with van der Waals surface area (Å²) in [7, 11) is 0. The molecular weight excluding hydrogens is 572 g/mol. The molecule has 0 unspecified atom stereocenters. The van der Waals surface area contributed by atoms with Crippen LogP contribution >= 0.6 is 11.8 Å². The van der Waals surface area contributed by atoms with Gasteiger partial charge in [0.15, 0.2) is 0 Å². The first-order chi connectivity index (χ1) is 21.3. The number of fused-ring (bicyclic) bond motifs is 4. The molecule has 3 N–H and O–H groups in total. The second-order valence-corrected chi connectivity index (χ2v) is 13.8. The number of benzene rings is 3. The minimum atomic E-state index is -1.31. The molecule has 5 aliphatic heterocycles. The SMILES string of the molecule is NC(=O)C12CC[N+](CC3=C(C(=O)[O-])N4C(=O)[C@@H](NC(c5ccccc5)(c5ccccc5)c5ccccc5)[C@@H]4SC3)(CC1)CC2. The summed E-state index contributed by atoms with van der Waals surface area (Å²) < 4.78 is 0.731. The lowest BCUT2D eigenvalue weighted by atomic mass is 9.70. The summed E-state index contributed by atoms with van der Waals surface area (Å²) >= 11 is 1.60. The number of primary amides is 1. The summed E-state index contributed by atoms with van der Waals surface area (Å²) in [6, 6.07) is 29.6. The summed E-state index contributed by atoms with van der Waals surface area (Å²) in [5.74, 6) is -1.29. The Morgan fingerprint density at radius 1 is 0.886 bits per heavy atom. The number of carbonyl (C=O) groups excluding carboxylic acids is 3. The van der Waals surface area contributed by atoms with Crippen LogP contribution in [0.5, 0.6) is 0 Å². The van der Waals surface area contributed by atoms with Crippen LogP contribution in [-0.4, -0.2) is 70.5 Å². The number of carboxylic acid groups (broad SMARTS) is 1. The normalized spacial score (nSPS) is 27.9. The van der Waals surface area contributed by atoms with Gasteiger partial charge in [0.05, 0.1) is 42.3 Å². The van der Waals surface area contributed by atoms with Crippen molar-refractivity contribution in [1.82, 2.24) is 10.2 Å². The number of hydrogen-bond acceptors (Lipinski definition) is 6. The number of nitrogens with zero attached hydrogens (tertiary/aromatic N) is 2. The number of β-lactam (4-membered cyclic amide) rings is 1. The van der Waals surface area contributed by atoms with Gasteiger partial charge in [-0.3, -0.25) is 19.8 Å². The number of hydrogen-bond donors (Lipinski definition) is 2. The third-order valence-corrected chi connectivity index (χ3v) is 11.8. The van der Waals surface area contributed by atoms with Crippen LogP contribution in [0.25, 0.3) is 0 Å². The van der Waals surface area contributed by atoms with Crippen LogP contribution in [0.4, 0.5) is 0 Å². The van der Waals surface area contributed by atoms with Crippen molar-refractivity contribution in [2.45, 2.75) is 36.2 Å². The van der Waals surface area contributed by atoms with Crippen molar-refractivity contribution in [3.8, 4) is 0 Å². The first kappa shape index (κ1) is 28.8. The Kier molecular flexibility index (Phi) is 7.15. The molecule has 9 heteroatoms. The summed E-state index contributed by atoms with van der Waals surface area (Å²) in [5, 5.41) is 16.1. The Balaban J connectivity index is 1.22. The zero-order valence-electron chi connectivity index (χ0n) is 24.5. The van der Waals surface area contributed by atoms with Gasteiger partial charge in [0.1, 0.15) is 18.0 Å². The van der Waals surface area contributed by atoms with Crippen LogP contribution < -0.4 is 16.2 Å². The molecule has 3 aromatic rings. The number of quaternary nitrogens is 1. The minimum Gasteiger partial charge on any atom is -0.543 e. The van der Waals surface area contributed by atoms with Crippen molar-refractivity contribution in [3.05, 3.63) is 119 Å². The van der Waals surface area contributed by atoms with E-state index in [1.807, 2.05) is 54.6 Å². The van der Waals surface area contributed by atoms with Crippen LogP contribution in [-0.2, 0) is 19.9 Å². The van der Waals surface area contributed by atoms with Gasteiger partial charge in [-0.2, -0.15) is 0 Å². The fourth-order valence-corrected chi connectivity index (χ4v) is 9.25. The maximum absolute atomic E-state index is 14.1. The summed E-state index contributed by atoms with van der Waals surface area (Å²) in [6.45, 7) is 2.90. The van der Waals surface area contributed by atoms with Crippen molar-refractivity contribution in [2.24, 2.45) is 11.1 Å². The van der Waals surface area contributed by atoms with Gasteiger partial charge in [-0.1, -0.05) is 91.0 Å².